The van der Waals surface area contributed by atoms with Crippen molar-refractivity contribution in [3.05, 3.63) is 11.6 Å². The smallest absolute Gasteiger partial charge is 0.313 e. The van der Waals surface area contributed by atoms with Crippen LogP contribution in [-0.4, -0.2) is 26.2 Å². The molecule has 1 rings (SSSR count). The largest absolute Gasteiger partial charge is 0.469 e. The molecular formula is C14H22O4. The van der Waals surface area contributed by atoms with E-state index in [1.807, 2.05) is 0 Å². The normalized spacial score (nSPS) is 20.9. The molecule has 0 fully saturated rings. The Hall–Kier alpha value is -1.32. The van der Waals surface area contributed by atoms with Crippen molar-refractivity contribution in [2.45, 2.75) is 44.9 Å². The van der Waals surface area contributed by atoms with Crippen LogP contribution in [-0.2, 0) is 19.1 Å². The monoisotopic (exact) mass is 254 g/mol. The Morgan fingerprint density at radius 2 is 1.89 bits per heavy atom. The Kier molecular flexibility index (Phi) is 6.47. The SMILES string of the molecule is COC(=O)CC(C(=O)OC)/C1=C/CCCCCC1. The molecule has 1 aliphatic rings. The maximum Gasteiger partial charge on any atom is 0.313 e. The number of carbonyl (C=O) groups is 2. The quantitative estimate of drug-likeness (QED) is 0.571. The molecule has 0 saturated heterocycles. The van der Waals surface area contributed by atoms with Crippen LogP contribution in [0.2, 0.25) is 0 Å². The maximum absolute atomic E-state index is 11.8. The van der Waals surface area contributed by atoms with E-state index in [0.717, 1.165) is 31.3 Å². The van der Waals surface area contributed by atoms with Gasteiger partial charge in [-0.3, -0.25) is 9.59 Å². The topological polar surface area (TPSA) is 52.6 Å². The van der Waals surface area contributed by atoms with Gasteiger partial charge in [0.05, 0.1) is 26.6 Å². The van der Waals surface area contributed by atoms with E-state index in [2.05, 4.69) is 10.8 Å². The van der Waals surface area contributed by atoms with E-state index in [-0.39, 0.29) is 18.4 Å². The van der Waals surface area contributed by atoms with Gasteiger partial charge in [0, 0.05) is 0 Å². The molecular weight excluding hydrogens is 232 g/mol. The number of methoxy groups -OCH3 is 2. The molecule has 0 amide bonds. The van der Waals surface area contributed by atoms with E-state index in [0.29, 0.717) is 0 Å². The molecule has 4 nitrogen and oxygen atoms in total. The molecule has 0 aliphatic heterocycles. The number of hydrogen-bond acceptors (Lipinski definition) is 4. The molecule has 0 saturated carbocycles. The van der Waals surface area contributed by atoms with Gasteiger partial charge in [0.25, 0.3) is 0 Å². The van der Waals surface area contributed by atoms with E-state index < -0.39 is 5.92 Å². The summed E-state index contributed by atoms with van der Waals surface area (Å²) in [5, 5.41) is 0. The molecule has 1 aliphatic carbocycles. The average Bonchev–Trinajstić information content (AvgIpc) is 2.35. The summed E-state index contributed by atoms with van der Waals surface area (Å²) in [6.07, 6.45) is 8.67. The van der Waals surface area contributed by atoms with Crippen LogP contribution in [0.5, 0.6) is 0 Å². The summed E-state index contributed by atoms with van der Waals surface area (Å²) in [7, 11) is 2.69. The van der Waals surface area contributed by atoms with Crippen molar-refractivity contribution in [1.82, 2.24) is 0 Å². The van der Waals surface area contributed by atoms with Gasteiger partial charge in [-0.05, 0) is 25.7 Å². The summed E-state index contributed by atoms with van der Waals surface area (Å²) < 4.78 is 9.44. The fraction of sp³-hybridized carbons (Fsp3) is 0.714. The maximum atomic E-state index is 11.8. The highest BCUT2D eigenvalue weighted by Gasteiger charge is 2.27. The van der Waals surface area contributed by atoms with Gasteiger partial charge < -0.3 is 9.47 Å². The molecule has 0 radical (unpaired) electrons. The number of hydrogen-bond donors (Lipinski definition) is 0. The lowest BCUT2D eigenvalue weighted by Gasteiger charge is -2.19. The summed E-state index contributed by atoms with van der Waals surface area (Å²) in [6, 6.07) is 0. The van der Waals surface area contributed by atoms with E-state index in [9.17, 15) is 9.59 Å². The molecule has 1 unspecified atom stereocenters. The molecule has 0 spiro atoms. The molecule has 102 valence electrons. The summed E-state index contributed by atoms with van der Waals surface area (Å²) in [5.41, 5.74) is 1.03. The molecule has 0 aromatic rings. The molecule has 0 heterocycles. The second kappa shape index (κ2) is 7.90. The highest BCUT2D eigenvalue weighted by molar-refractivity contribution is 5.82. The molecule has 1 atom stereocenters. The highest BCUT2D eigenvalue weighted by atomic mass is 16.5. The first-order chi connectivity index (χ1) is 8.69. The lowest BCUT2D eigenvalue weighted by Crippen LogP contribution is -2.23. The van der Waals surface area contributed by atoms with Crippen molar-refractivity contribution in [1.29, 1.82) is 0 Å². The zero-order chi connectivity index (χ0) is 13.4. The minimum absolute atomic E-state index is 0.0784. The predicted molar refractivity (Wildman–Crippen MR) is 67.9 cm³/mol. The molecule has 4 heteroatoms. The molecule has 18 heavy (non-hydrogen) atoms. The van der Waals surface area contributed by atoms with Crippen molar-refractivity contribution in [3.63, 3.8) is 0 Å². The Bertz CT molecular complexity index is 320. The molecule has 0 aromatic heterocycles. The van der Waals surface area contributed by atoms with E-state index in [1.165, 1.54) is 27.1 Å². The van der Waals surface area contributed by atoms with Crippen LogP contribution in [0, 0.1) is 5.92 Å². The van der Waals surface area contributed by atoms with Crippen LogP contribution >= 0.6 is 0 Å². The average molecular weight is 254 g/mol. The molecule has 0 aromatic carbocycles. The summed E-state index contributed by atoms with van der Waals surface area (Å²) in [4.78, 5) is 23.2. The summed E-state index contributed by atoms with van der Waals surface area (Å²) >= 11 is 0. The van der Waals surface area contributed by atoms with Crippen molar-refractivity contribution in [2.24, 2.45) is 5.92 Å². The first kappa shape index (κ1) is 14.7. The Balaban J connectivity index is 2.78. The van der Waals surface area contributed by atoms with Gasteiger partial charge in [-0.2, -0.15) is 0 Å². The standard InChI is InChI=1S/C14H22O4/c1-17-13(15)10-12(14(16)18-2)11-8-6-4-3-5-7-9-11/h8,12H,3-7,9-10H2,1-2H3/b11-8+. The van der Waals surface area contributed by atoms with Crippen molar-refractivity contribution in [2.75, 3.05) is 14.2 Å². The Morgan fingerprint density at radius 3 is 2.56 bits per heavy atom. The minimum atomic E-state index is -0.472. The van der Waals surface area contributed by atoms with Gasteiger partial charge in [-0.15, -0.1) is 0 Å². The second-order valence-electron chi connectivity index (χ2n) is 4.59. The fourth-order valence-electron chi connectivity index (χ4n) is 2.29. The summed E-state index contributed by atoms with van der Waals surface area (Å²) in [5.74, 6) is -1.18. The van der Waals surface area contributed by atoms with Gasteiger partial charge >= 0.3 is 11.9 Å². The van der Waals surface area contributed by atoms with Gasteiger partial charge in [0.1, 0.15) is 0 Å². The van der Waals surface area contributed by atoms with Gasteiger partial charge in [0.15, 0.2) is 0 Å². The van der Waals surface area contributed by atoms with Crippen LogP contribution in [0.15, 0.2) is 11.6 Å². The highest BCUT2D eigenvalue weighted by Crippen LogP contribution is 2.26. The third-order valence-corrected chi connectivity index (χ3v) is 3.36. The zero-order valence-corrected chi connectivity index (χ0v) is 11.2. The first-order valence-electron chi connectivity index (χ1n) is 6.52. The third kappa shape index (κ3) is 4.51. The van der Waals surface area contributed by atoms with Gasteiger partial charge in [-0.25, -0.2) is 0 Å². The van der Waals surface area contributed by atoms with E-state index in [1.54, 1.807) is 0 Å². The number of carbonyl (C=O) groups excluding carboxylic acids is 2. The third-order valence-electron chi connectivity index (χ3n) is 3.36. The van der Waals surface area contributed by atoms with E-state index >= 15 is 0 Å². The van der Waals surface area contributed by atoms with Crippen molar-refractivity contribution >= 4 is 11.9 Å². The zero-order valence-electron chi connectivity index (χ0n) is 11.2. The fourth-order valence-corrected chi connectivity index (χ4v) is 2.29. The lowest BCUT2D eigenvalue weighted by molar-refractivity contribution is -0.150. The van der Waals surface area contributed by atoms with Crippen LogP contribution in [0.3, 0.4) is 0 Å². The second-order valence-corrected chi connectivity index (χ2v) is 4.59. The first-order valence-corrected chi connectivity index (χ1v) is 6.52. The summed E-state index contributed by atoms with van der Waals surface area (Å²) in [6.45, 7) is 0. The minimum Gasteiger partial charge on any atom is -0.469 e. The Morgan fingerprint density at radius 1 is 1.17 bits per heavy atom. The number of rotatable bonds is 4. The van der Waals surface area contributed by atoms with Crippen molar-refractivity contribution < 1.29 is 19.1 Å². The number of esters is 2. The number of allylic oxidation sites excluding steroid dienone is 1. The Labute approximate surface area is 108 Å². The van der Waals surface area contributed by atoms with Crippen LogP contribution in [0.1, 0.15) is 44.9 Å². The van der Waals surface area contributed by atoms with Crippen molar-refractivity contribution in [3.8, 4) is 0 Å². The lowest BCUT2D eigenvalue weighted by atomic mass is 9.88. The van der Waals surface area contributed by atoms with Gasteiger partial charge in [-0.1, -0.05) is 24.5 Å². The van der Waals surface area contributed by atoms with Crippen LogP contribution in [0.25, 0.3) is 0 Å². The van der Waals surface area contributed by atoms with E-state index in [4.69, 9.17) is 4.74 Å². The molecule has 0 N–H and O–H groups in total. The molecule has 0 bridgehead atoms. The number of ether oxygens (including phenoxy) is 2. The predicted octanol–water partition coefficient (Wildman–Crippen LogP) is 2.62. The van der Waals surface area contributed by atoms with Gasteiger partial charge in [0.2, 0.25) is 0 Å². The van der Waals surface area contributed by atoms with Crippen LogP contribution < -0.4 is 0 Å². The van der Waals surface area contributed by atoms with Crippen LogP contribution in [0.4, 0.5) is 0 Å².